The quantitative estimate of drug-likeness (QED) is 0.720. The third kappa shape index (κ3) is 4.47. The van der Waals surface area contributed by atoms with Gasteiger partial charge in [0.25, 0.3) is 0 Å². The number of rotatable bonds is 7. The first kappa shape index (κ1) is 17.5. The number of halogens is 2. The Balaban J connectivity index is 3.15. The number of hydrogen-bond acceptors (Lipinski definition) is 4. The molecule has 0 saturated heterocycles. The van der Waals surface area contributed by atoms with Crippen molar-refractivity contribution in [1.29, 1.82) is 0 Å². The van der Waals surface area contributed by atoms with E-state index in [4.69, 9.17) is 4.74 Å². The van der Waals surface area contributed by atoms with E-state index in [0.29, 0.717) is 12.5 Å². The zero-order valence-electron chi connectivity index (χ0n) is 11.8. The summed E-state index contributed by atoms with van der Waals surface area (Å²) in [7, 11) is -4.31. The van der Waals surface area contributed by atoms with E-state index < -0.39 is 39.1 Å². The van der Waals surface area contributed by atoms with Gasteiger partial charge >= 0.3 is 5.97 Å². The van der Waals surface area contributed by atoms with Crippen LogP contribution in [0.4, 0.5) is 8.78 Å². The molecule has 0 aliphatic heterocycles. The van der Waals surface area contributed by atoms with Crippen LogP contribution >= 0.6 is 0 Å². The van der Waals surface area contributed by atoms with Gasteiger partial charge in [0.1, 0.15) is 23.1 Å². The molecule has 0 unspecified atom stereocenters. The van der Waals surface area contributed by atoms with Crippen LogP contribution in [0.5, 0.6) is 0 Å². The highest BCUT2D eigenvalue weighted by molar-refractivity contribution is 7.89. The van der Waals surface area contributed by atoms with Gasteiger partial charge < -0.3 is 4.74 Å². The van der Waals surface area contributed by atoms with E-state index in [9.17, 15) is 22.0 Å². The van der Waals surface area contributed by atoms with E-state index in [1.807, 2.05) is 0 Å². The standard InChI is InChI=1S/C13H17F2NO4S/c1-3-7-16(9-13(17)20-4-2)21(18,19)12-8-10(14)5-6-11(12)15/h5-6,8H,3-4,7,9H2,1-2H3. The summed E-state index contributed by atoms with van der Waals surface area (Å²) in [6.45, 7) is 2.85. The molecule has 8 heteroatoms. The van der Waals surface area contributed by atoms with Crippen molar-refractivity contribution in [1.82, 2.24) is 4.31 Å². The van der Waals surface area contributed by atoms with Gasteiger partial charge in [0, 0.05) is 6.54 Å². The normalized spacial score (nSPS) is 11.7. The lowest BCUT2D eigenvalue weighted by Gasteiger charge is -2.20. The second kappa shape index (κ2) is 7.46. The fourth-order valence-electron chi connectivity index (χ4n) is 1.70. The van der Waals surface area contributed by atoms with Gasteiger partial charge in [-0.25, -0.2) is 17.2 Å². The number of ether oxygens (including phenoxy) is 1. The molecule has 0 saturated carbocycles. The van der Waals surface area contributed by atoms with Gasteiger partial charge in [0.15, 0.2) is 0 Å². The third-order valence-electron chi connectivity index (χ3n) is 2.59. The molecule has 0 aromatic heterocycles. The molecule has 0 atom stereocenters. The Kier molecular flexibility index (Phi) is 6.22. The van der Waals surface area contributed by atoms with Crippen LogP contribution in [0.25, 0.3) is 0 Å². The summed E-state index contributed by atoms with van der Waals surface area (Å²) in [5.74, 6) is -2.68. The first-order valence-electron chi connectivity index (χ1n) is 6.43. The minimum absolute atomic E-state index is 0.00288. The van der Waals surface area contributed by atoms with E-state index in [0.717, 1.165) is 16.4 Å². The highest BCUT2D eigenvalue weighted by Gasteiger charge is 2.29. The number of nitrogens with zero attached hydrogens (tertiary/aromatic N) is 1. The first-order valence-corrected chi connectivity index (χ1v) is 7.87. The molecule has 0 amide bonds. The summed E-state index contributed by atoms with van der Waals surface area (Å²) in [5, 5.41) is 0. The Morgan fingerprint density at radius 1 is 1.29 bits per heavy atom. The molecular weight excluding hydrogens is 304 g/mol. The monoisotopic (exact) mass is 321 g/mol. The Bertz CT molecular complexity index is 604. The fourth-order valence-corrected chi connectivity index (χ4v) is 3.25. The predicted molar refractivity (Wildman–Crippen MR) is 72.0 cm³/mol. The van der Waals surface area contributed by atoms with Gasteiger partial charge in [-0.2, -0.15) is 4.31 Å². The molecule has 0 spiro atoms. The SMILES string of the molecule is CCCN(CC(=O)OCC)S(=O)(=O)c1cc(F)ccc1F. The molecule has 0 fully saturated rings. The minimum atomic E-state index is -4.31. The summed E-state index contributed by atoms with van der Waals surface area (Å²) in [4.78, 5) is 10.7. The number of carbonyl (C=O) groups is 1. The number of hydrogen-bond donors (Lipinski definition) is 0. The summed E-state index contributed by atoms with van der Waals surface area (Å²) in [6, 6.07) is 2.15. The second-order valence-electron chi connectivity index (χ2n) is 4.22. The molecule has 0 bridgehead atoms. The highest BCUT2D eigenvalue weighted by atomic mass is 32.2. The Labute approximate surface area is 122 Å². The van der Waals surface area contributed by atoms with Gasteiger partial charge in [0.2, 0.25) is 10.0 Å². The first-order chi connectivity index (χ1) is 9.82. The van der Waals surface area contributed by atoms with Gasteiger partial charge in [-0.1, -0.05) is 6.92 Å². The molecule has 21 heavy (non-hydrogen) atoms. The maximum absolute atomic E-state index is 13.7. The second-order valence-corrected chi connectivity index (χ2v) is 6.12. The van der Waals surface area contributed by atoms with Crippen molar-refractivity contribution in [3.05, 3.63) is 29.8 Å². The minimum Gasteiger partial charge on any atom is -0.465 e. The van der Waals surface area contributed by atoms with Crippen molar-refractivity contribution in [3.63, 3.8) is 0 Å². The summed E-state index contributed by atoms with van der Waals surface area (Å²) in [5.41, 5.74) is 0. The van der Waals surface area contributed by atoms with E-state index in [2.05, 4.69) is 0 Å². The van der Waals surface area contributed by atoms with Gasteiger partial charge in [0.05, 0.1) is 6.61 Å². The smallest absolute Gasteiger partial charge is 0.321 e. The molecule has 0 aliphatic rings. The van der Waals surface area contributed by atoms with E-state index >= 15 is 0 Å². The predicted octanol–water partition coefficient (Wildman–Crippen LogP) is 1.93. The van der Waals surface area contributed by atoms with Crippen molar-refractivity contribution in [2.45, 2.75) is 25.2 Å². The van der Waals surface area contributed by atoms with Crippen molar-refractivity contribution in [2.75, 3.05) is 19.7 Å². The topological polar surface area (TPSA) is 63.7 Å². The van der Waals surface area contributed by atoms with Crippen molar-refractivity contribution < 1.29 is 26.7 Å². The summed E-state index contributed by atoms with van der Waals surface area (Å²) in [6.07, 6.45) is 0.412. The molecule has 5 nitrogen and oxygen atoms in total. The lowest BCUT2D eigenvalue weighted by molar-refractivity contribution is -0.143. The Morgan fingerprint density at radius 2 is 1.95 bits per heavy atom. The van der Waals surface area contributed by atoms with Crippen LogP contribution in [0.1, 0.15) is 20.3 Å². The summed E-state index contributed by atoms with van der Waals surface area (Å²) >= 11 is 0. The van der Waals surface area contributed by atoms with Crippen LogP contribution in [-0.4, -0.2) is 38.4 Å². The molecule has 1 aromatic rings. The average Bonchev–Trinajstić information content (AvgIpc) is 2.41. The zero-order chi connectivity index (χ0) is 16.0. The van der Waals surface area contributed by atoms with E-state index in [-0.39, 0.29) is 13.2 Å². The van der Waals surface area contributed by atoms with Crippen LogP contribution < -0.4 is 0 Å². The maximum atomic E-state index is 13.7. The van der Waals surface area contributed by atoms with Crippen molar-refractivity contribution in [3.8, 4) is 0 Å². The number of carbonyl (C=O) groups excluding carboxylic acids is 1. The number of benzene rings is 1. The third-order valence-corrected chi connectivity index (χ3v) is 4.46. The molecule has 0 heterocycles. The molecule has 118 valence electrons. The van der Waals surface area contributed by atoms with Crippen LogP contribution in [0.2, 0.25) is 0 Å². The van der Waals surface area contributed by atoms with Crippen LogP contribution in [0, 0.1) is 11.6 Å². The highest BCUT2D eigenvalue weighted by Crippen LogP contribution is 2.20. The van der Waals surface area contributed by atoms with Crippen molar-refractivity contribution >= 4 is 16.0 Å². The molecule has 0 aliphatic carbocycles. The summed E-state index contributed by atoms with van der Waals surface area (Å²) < 4.78 is 57.0. The maximum Gasteiger partial charge on any atom is 0.321 e. The lowest BCUT2D eigenvalue weighted by Crippen LogP contribution is -2.37. The number of sulfonamides is 1. The van der Waals surface area contributed by atoms with Gasteiger partial charge in [-0.05, 0) is 31.5 Å². The van der Waals surface area contributed by atoms with E-state index in [1.54, 1.807) is 13.8 Å². The molecule has 1 aromatic carbocycles. The van der Waals surface area contributed by atoms with Gasteiger partial charge in [-0.15, -0.1) is 0 Å². The van der Waals surface area contributed by atoms with Crippen LogP contribution in [0.3, 0.4) is 0 Å². The largest absolute Gasteiger partial charge is 0.465 e. The van der Waals surface area contributed by atoms with Gasteiger partial charge in [-0.3, -0.25) is 4.79 Å². The lowest BCUT2D eigenvalue weighted by atomic mass is 10.3. The van der Waals surface area contributed by atoms with Crippen molar-refractivity contribution in [2.24, 2.45) is 0 Å². The van der Waals surface area contributed by atoms with Crippen LogP contribution in [0.15, 0.2) is 23.1 Å². The Hall–Kier alpha value is -1.54. The Morgan fingerprint density at radius 3 is 2.52 bits per heavy atom. The fraction of sp³-hybridized carbons (Fsp3) is 0.462. The molecule has 0 N–H and O–H groups in total. The molecule has 0 radical (unpaired) electrons. The van der Waals surface area contributed by atoms with Crippen LogP contribution in [-0.2, 0) is 19.6 Å². The van der Waals surface area contributed by atoms with E-state index in [1.165, 1.54) is 0 Å². The average molecular weight is 321 g/mol. The zero-order valence-corrected chi connectivity index (χ0v) is 12.6. The number of esters is 1. The molecular formula is C13H17F2NO4S. The molecule has 1 rings (SSSR count).